The van der Waals surface area contributed by atoms with Gasteiger partial charge in [-0.1, -0.05) is 31.5 Å². The monoisotopic (exact) mass is 562 g/mol. The number of hydrogen-bond donors (Lipinski definition) is 0. The van der Waals surface area contributed by atoms with E-state index in [1.54, 1.807) is 19.1 Å². The fraction of sp³-hybridized carbons (Fsp3) is 0.393. The number of amides is 1. The van der Waals surface area contributed by atoms with Crippen LogP contribution in [0.25, 0.3) is 0 Å². The lowest BCUT2D eigenvalue weighted by atomic mass is 10.1. The van der Waals surface area contributed by atoms with E-state index < -0.39 is 10.0 Å². The standard InChI is InChI=1S/C28H35ClN2O6S/c1-20(2)17-31(38(33,34)25-11-8-23(29)9-12-25)19-28(32)30(18-24-10-6-21(3)37-24)15-14-22-7-13-26(35-4)27(16-22)36-5/h6-13,16,20H,14-15,17-19H2,1-5H3. The number of hydrogen-bond acceptors (Lipinski definition) is 6. The molecule has 0 radical (unpaired) electrons. The summed E-state index contributed by atoms with van der Waals surface area (Å²) in [7, 11) is -0.776. The minimum absolute atomic E-state index is 0.0119. The van der Waals surface area contributed by atoms with Crippen molar-refractivity contribution in [2.24, 2.45) is 5.92 Å². The van der Waals surface area contributed by atoms with E-state index in [-0.39, 0.29) is 36.4 Å². The summed E-state index contributed by atoms with van der Waals surface area (Å²) in [6.45, 7) is 6.13. The van der Waals surface area contributed by atoms with Crippen LogP contribution in [0.15, 0.2) is 63.9 Å². The Morgan fingerprint density at radius 1 is 1.00 bits per heavy atom. The third-order valence-corrected chi connectivity index (χ3v) is 8.02. The Hall–Kier alpha value is -3.01. The van der Waals surface area contributed by atoms with Crippen LogP contribution in [0.1, 0.15) is 30.9 Å². The molecule has 0 bridgehead atoms. The maximum absolute atomic E-state index is 13.6. The lowest BCUT2D eigenvalue weighted by Gasteiger charge is -2.28. The number of halogens is 1. The summed E-state index contributed by atoms with van der Waals surface area (Å²) in [5.41, 5.74) is 0.948. The molecule has 0 aliphatic heterocycles. The second kappa shape index (κ2) is 13.2. The zero-order valence-electron chi connectivity index (χ0n) is 22.4. The van der Waals surface area contributed by atoms with Crippen LogP contribution in [0.4, 0.5) is 0 Å². The first-order chi connectivity index (χ1) is 18.0. The molecule has 1 amide bonds. The van der Waals surface area contributed by atoms with Gasteiger partial charge in [0, 0.05) is 18.1 Å². The number of nitrogens with zero attached hydrogens (tertiary/aromatic N) is 2. The van der Waals surface area contributed by atoms with Gasteiger partial charge in [0.15, 0.2) is 11.5 Å². The second-order valence-corrected chi connectivity index (χ2v) is 11.8. The third-order valence-electron chi connectivity index (χ3n) is 5.95. The molecule has 0 aliphatic carbocycles. The van der Waals surface area contributed by atoms with Gasteiger partial charge in [-0.05, 0) is 73.4 Å². The van der Waals surface area contributed by atoms with Gasteiger partial charge in [-0.2, -0.15) is 4.31 Å². The quantitative estimate of drug-likeness (QED) is 0.285. The van der Waals surface area contributed by atoms with Gasteiger partial charge in [0.05, 0.1) is 32.2 Å². The molecule has 0 atom stereocenters. The molecule has 0 fully saturated rings. The lowest BCUT2D eigenvalue weighted by Crippen LogP contribution is -2.44. The van der Waals surface area contributed by atoms with Gasteiger partial charge in [-0.15, -0.1) is 0 Å². The van der Waals surface area contributed by atoms with E-state index in [2.05, 4.69) is 0 Å². The molecule has 0 saturated heterocycles. The minimum atomic E-state index is -3.92. The van der Waals surface area contributed by atoms with Crippen molar-refractivity contribution in [3.05, 3.63) is 76.7 Å². The summed E-state index contributed by atoms with van der Waals surface area (Å²) in [4.78, 5) is 15.4. The van der Waals surface area contributed by atoms with Crippen molar-refractivity contribution in [2.75, 3.05) is 33.9 Å². The largest absolute Gasteiger partial charge is 0.493 e. The number of sulfonamides is 1. The topological polar surface area (TPSA) is 89.3 Å². The number of rotatable bonds is 13. The average molecular weight is 563 g/mol. The number of carbonyl (C=O) groups is 1. The van der Waals surface area contributed by atoms with Crippen molar-refractivity contribution in [1.29, 1.82) is 0 Å². The van der Waals surface area contributed by atoms with Crippen LogP contribution in [0.3, 0.4) is 0 Å². The van der Waals surface area contributed by atoms with Crippen LogP contribution in [0.2, 0.25) is 5.02 Å². The molecule has 2 aromatic carbocycles. The Kier molecular flexibility index (Phi) is 10.2. The first kappa shape index (κ1) is 29.5. The Morgan fingerprint density at radius 2 is 1.68 bits per heavy atom. The van der Waals surface area contributed by atoms with Gasteiger partial charge in [0.25, 0.3) is 0 Å². The van der Waals surface area contributed by atoms with E-state index in [4.69, 9.17) is 25.5 Å². The van der Waals surface area contributed by atoms with E-state index in [0.717, 1.165) is 11.3 Å². The first-order valence-electron chi connectivity index (χ1n) is 12.3. The molecule has 10 heteroatoms. The minimum Gasteiger partial charge on any atom is -0.493 e. The molecule has 8 nitrogen and oxygen atoms in total. The third kappa shape index (κ3) is 7.75. The SMILES string of the molecule is COc1ccc(CCN(Cc2ccc(C)o2)C(=O)CN(CC(C)C)S(=O)(=O)c2ccc(Cl)cc2)cc1OC. The summed E-state index contributed by atoms with van der Waals surface area (Å²) < 4.78 is 44.6. The molecule has 0 spiro atoms. The van der Waals surface area contributed by atoms with Crippen LogP contribution in [-0.4, -0.2) is 57.4 Å². The fourth-order valence-electron chi connectivity index (χ4n) is 4.01. The molecule has 1 heterocycles. The maximum atomic E-state index is 13.6. The highest BCUT2D eigenvalue weighted by Crippen LogP contribution is 2.28. The molecule has 1 aromatic heterocycles. The Bertz CT molecular complexity index is 1320. The summed E-state index contributed by atoms with van der Waals surface area (Å²) in [5, 5.41) is 0.436. The summed E-state index contributed by atoms with van der Waals surface area (Å²) in [6, 6.07) is 15.2. The van der Waals surface area contributed by atoms with Gasteiger partial charge in [0.1, 0.15) is 11.5 Å². The number of carbonyl (C=O) groups excluding carboxylic acids is 1. The molecule has 3 aromatic rings. The van der Waals surface area contributed by atoms with E-state index in [9.17, 15) is 13.2 Å². The number of aryl methyl sites for hydroxylation is 1. The lowest BCUT2D eigenvalue weighted by molar-refractivity contribution is -0.132. The Morgan fingerprint density at radius 3 is 2.26 bits per heavy atom. The van der Waals surface area contributed by atoms with Crippen molar-refractivity contribution in [3.8, 4) is 11.5 Å². The molecule has 206 valence electrons. The highest BCUT2D eigenvalue weighted by Gasteiger charge is 2.29. The highest BCUT2D eigenvalue weighted by atomic mass is 35.5. The van der Waals surface area contributed by atoms with Crippen molar-refractivity contribution < 1.29 is 27.1 Å². The van der Waals surface area contributed by atoms with Crippen molar-refractivity contribution in [1.82, 2.24) is 9.21 Å². The smallest absolute Gasteiger partial charge is 0.243 e. The van der Waals surface area contributed by atoms with Gasteiger partial charge in [-0.25, -0.2) is 8.42 Å². The van der Waals surface area contributed by atoms with Crippen molar-refractivity contribution in [2.45, 2.75) is 38.6 Å². The molecular formula is C28H35ClN2O6S. The predicted octanol–water partition coefficient (Wildman–Crippen LogP) is 5.18. The first-order valence-corrected chi connectivity index (χ1v) is 14.1. The van der Waals surface area contributed by atoms with Gasteiger partial charge >= 0.3 is 0 Å². The normalized spacial score (nSPS) is 11.7. The van der Waals surface area contributed by atoms with Gasteiger partial charge in [0.2, 0.25) is 15.9 Å². The van der Waals surface area contributed by atoms with Crippen LogP contribution < -0.4 is 9.47 Å². The van der Waals surface area contributed by atoms with Crippen LogP contribution in [0.5, 0.6) is 11.5 Å². The summed E-state index contributed by atoms with van der Waals surface area (Å²) in [6.07, 6.45) is 0.528. The van der Waals surface area contributed by atoms with Crippen LogP contribution in [0, 0.1) is 12.8 Å². The van der Waals surface area contributed by atoms with E-state index in [0.29, 0.717) is 35.2 Å². The van der Waals surface area contributed by atoms with E-state index >= 15 is 0 Å². The summed E-state index contributed by atoms with van der Waals surface area (Å²) in [5.74, 6) is 2.27. The zero-order chi connectivity index (χ0) is 27.9. The zero-order valence-corrected chi connectivity index (χ0v) is 24.0. The number of furan rings is 1. The van der Waals surface area contributed by atoms with Crippen molar-refractivity contribution >= 4 is 27.5 Å². The van der Waals surface area contributed by atoms with Crippen molar-refractivity contribution in [3.63, 3.8) is 0 Å². The fourth-order valence-corrected chi connectivity index (χ4v) is 5.69. The molecule has 3 rings (SSSR count). The summed E-state index contributed by atoms with van der Waals surface area (Å²) >= 11 is 5.96. The molecular weight excluding hydrogens is 528 g/mol. The molecule has 0 N–H and O–H groups in total. The molecule has 0 unspecified atom stereocenters. The van der Waals surface area contributed by atoms with Gasteiger partial charge < -0.3 is 18.8 Å². The van der Waals surface area contributed by atoms with Crippen LogP contribution >= 0.6 is 11.6 Å². The second-order valence-electron chi connectivity index (χ2n) is 9.41. The number of benzene rings is 2. The predicted molar refractivity (Wildman–Crippen MR) is 147 cm³/mol. The number of methoxy groups -OCH3 is 2. The molecule has 0 saturated carbocycles. The Labute approximate surface area is 230 Å². The Balaban J connectivity index is 1.85. The van der Waals surface area contributed by atoms with Gasteiger partial charge in [-0.3, -0.25) is 4.79 Å². The van der Waals surface area contributed by atoms with E-state index in [1.807, 2.05) is 51.1 Å². The van der Waals surface area contributed by atoms with E-state index in [1.165, 1.54) is 28.6 Å². The average Bonchev–Trinajstić information content (AvgIpc) is 3.30. The molecule has 0 aliphatic rings. The highest BCUT2D eigenvalue weighted by molar-refractivity contribution is 7.89. The molecule has 38 heavy (non-hydrogen) atoms. The van der Waals surface area contributed by atoms with Crippen LogP contribution in [-0.2, 0) is 27.8 Å². The maximum Gasteiger partial charge on any atom is 0.243 e. The number of ether oxygens (including phenoxy) is 2.